The van der Waals surface area contributed by atoms with E-state index in [0.29, 0.717) is 10.8 Å². The lowest BCUT2D eigenvalue weighted by molar-refractivity contribution is 0.848. The maximum atomic E-state index is 6.24. The van der Waals surface area contributed by atoms with E-state index in [1.165, 1.54) is 0 Å². The Hall–Kier alpha value is -1.48. The second kappa shape index (κ2) is 4.18. The second-order valence-electron chi connectivity index (χ2n) is 3.73. The van der Waals surface area contributed by atoms with Crippen molar-refractivity contribution in [3.63, 3.8) is 0 Å². The number of nitrogens with two attached hydrogens (primary N) is 1. The van der Waals surface area contributed by atoms with Crippen molar-refractivity contribution in [2.45, 2.75) is 20.3 Å². The number of anilines is 1. The second-order valence-corrected chi connectivity index (χ2v) is 4.11. The Labute approximate surface area is 99.8 Å². The summed E-state index contributed by atoms with van der Waals surface area (Å²) in [6.07, 6.45) is 0.862. The molecule has 0 amide bonds. The predicted molar refractivity (Wildman–Crippen MR) is 67.1 cm³/mol. The van der Waals surface area contributed by atoms with E-state index in [1.807, 2.05) is 38.1 Å². The zero-order chi connectivity index (χ0) is 11.7. The van der Waals surface area contributed by atoms with Crippen LogP contribution in [0, 0.1) is 6.92 Å². The fourth-order valence-electron chi connectivity index (χ4n) is 1.61. The molecule has 1 aromatic carbocycles. The molecule has 2 aromatic rings. The molecule has 0 fully saturated rings. The lowest BCUT2D eigenvalue weighted by atomic mass is 10.2. The van der Waals surface area contributed by atoms with Gasteiger partial charge in [0.25, 0.3) is 0 Å². The lowest BCUT2D eigenvalue weighted by Gasteiger charge is -2.08. The van der Waals surface area contributed by atoms with Gasteiger partial charge in [-0.2, -0.15) is 5.10 Å². The van der Waals surface area contributed by atoms with Crippen molar-refractivity contribution in [2.75, 3.05) is 5.73 Å². The van der Waals surface area contributed by atoms with Gasteiger partial charge in [0.15, 0.2) is 0 Å². The molecule has 2 N–H and O–H groups in total. The Bertz CT molecular complexity index is 517. The van der Waals surface area contributed by atoms with Gasteiger partial charge in [-0.3, -0.25) is 0 Å². The predicted octanol–water partition coefficient (Wildman–Crippen LogP) is 2.98. The van der Waals surface area contributed by atoms with Gasteiger partial charge in [-0.15, -0.1) is 0 Å². The first-order chi connectivity index (χ1) is 7.63. The van der Waals surface area contributed by atoms with Crippen LogP contribution < -0.4 is 5.73 Å². The van der Waals surface area contributed by atoms with Crippen molar-refractivity contribution in [3.05, 3.63) is 40.5 Å². The topological polar surface area (TPSA) is 43.8 Å². The highest BCUT2D eigenvalue weighted by molar-refractivity contribution is 6.33. The smallest absolute Gasteiger partial charge is 0.127 e. The van der Waals surface area contributed by atoms with Gasteiger partial charge in [0, 0.05) is 6.07 Å². The first kappa shape index (κ1) is 11.0. The standard InChI is InChI=1S/C12H14ClN3/c1-3-9-7-11(14)16(15-9)10-6-4-5-8(2)12(10)13/h4-7H,3,14H2,1-2H3. The average Bonchev–Trinajstić information content (AvgIpc) is 2.64. The molecular weight excluding hydrogens is 222 g/mol. The first-order valence-corrected chi connectivity index (χ1v) is 5.61. The van der Waals surface area contributed by atoms with Crippen LogP contribution in [-0.4, -0.2) is 9.78 Å². The summed E-state index contributed by atoms with van der Waals surface area (Å²) < 4.78 is 1.69. The van der Waals surface area contributed by atoms with Crippen molar-refractivity contribution in [1.29, 1.82) is 0 Å². The monoisotopic (exact) mass is 235 g/mol. The summed E-state index contributed by atoms with van der Waals surface area (Å²) in [7, 11) is 0. The average molecular weight is 236 g/mol. The van der Waals surface area contributed by atoms with Crippen LogP contribution in [0.25, 0.3) is 5.69 Å². The molecule has 0 aliphatic carbocycles. The van der Waals surface area contributed by atoms with Crippen molar-refractivity contribution >= 4 is 17.4 Å². The molecule has 84 valence electrons. The normalized spacial score (nSPS) is 10.7. The molecule has 1 heterocycles. The molecule has 0 radical (unpaired) electrons. The van der Waals surface area contributed by atoms with E-state index >= 15 is 0 Å². The molecular formula is C12H14ClN3. The number of halogens is 1. The highest BCUT2D eigenvalue weighted by Crippen LogP contribution is 2.25. The molecule has 2 rings (SSSR count). The van der Waals surface area contributed by atoms with Crippen molar-refractivity contribution in [3.8, 4) is 5.69 Å². The van der Waals surface area contributed by atoms with Crippen LogP contribution in [0.3, 0.4) is 0 Å². The molecule has 0 aliphatic rings. The van der Waals surface area contributed by atoms with E-state index in [-0.39, 0.29) is 0 Å². The van der Waals surface area contributed by atoms with Crippen molar-refractivity contribution < 1.29 is 0 Å². The summed E-state index contributed by atoms with van der Waals surface area (Å²) in [6, 6.07) is 7.70. The number of nitrogen functional groups attached to an aromatic ring is 1. The van der Waals surface area contributed by atoms with Crippen molar-refractivity contribution in [2.24, 2.45) is 0 Å². The summed E-state index contributed by atoms with van der Waals surface area (Å²) >= 11 is 6.24. The van der Waals surface area contributed by atoms with Gasteiger partial charge in [-0.25, -0.2) is 4.68 Å². The number of rotatable bonds is 2. The molecule has 3 nitrogen and oxygen atoms in total. The zero-order valence-corrected chi connectivity index (χ0v) is 10.1. The number of aryl methyl sites for hydroxylation is 2. The molecule has 1 aromatic heterocycles. The Kier molecular flexibility index (Phi) is 2.88. The summed E-state index contributed by atoms with van der Waals surface area (Å²) in [5.41, 5.74) is 8.73. The molecule has 0 spiro atoms. The number of nitrogens with zero attached hydrogens (tertiary/aromatic N) is 2. The Morgan fingerprint density at radius 2 is 2.19 bits per heavy atom. The first-order valence-electron chi connectivity index (χ1n) is 5.23. The van der Waals surface area contributed by atoms with E-state index in [4.69, 9.17) is 17.3 Å². The maximum Gasteiger partial charge on any atom is 0.127 e. The van der Waals surface area contributed by atoms with Gasteiger partial charge >= 0.3 is 0 Å². The lowest BCUT2D eigenvalue weighted by Crippen LogP contribution is -2.03. The van der Waals surface area contributed by atoms with Crippen LogP contribution in [0.4, 0.5) is 5.82 Å². The maximum absolute atomic E-state index is 6.24. The van der Waals surface area contributed by atoms with Gasteiger partial charge < -0.3 is 5.73 Å². The summed E-state index contributed by atoms with van der Waals surface area (Å²) in [5, 5.41) is 5.10. The number of hydrogen-bond acceptors (Lipinski definition) is 2. The largest absolute Gasteiger partial charge is 0.384 e. The Morgan fingerprint density at radius 1 is 1.44 bits per heavy atom. The molecule has 16 heavy (non-hydrogen) atoms. The van der Waals surface area contributed by atoms with Crippen LogP contribution >= 0.6 is 11.6 Å². The molecule has 0 bridgehead atoms. The fraction of sp³-hybridized carbons (Fsp3) is 0.250. The van der Waals surface area contributed by atoms with Crippen LogP contribution in [0.1, 0.15) is 18.2 Å². The molecule has 4 heteroatoms. The van der Waals surface area contributed by atoms with E-state index in [1.54, 1.807) is 4.68 Å². The summed E-state index contributed by atoms with van der Waals surface area (Å²) in [6.45, 7) is 4.01. The molecule has 0 saturated carbocycles. The van der Waals surface area contributed by atoms with Gasteiger partial charge in [0.2, 0.25) is 0 Å². The molecule has 0 atom stereocenters. The minimum Gasteiger partial charge on any atom is -0.384 e. The van der Waals surface area contributed by atoms with Gasteiger partial charge in [0.1, 0.15) is 5.82 Å². The van der Waals surface area contributed by atoms with Crippen LogP contribution in [0.2, 0.25) is 5.02 Å². The van der Waals surface area contributed by atoms with E-state index in [2.05, 4.69) is 5.10 Å². The Balaban J connectivity index is 2.58. The summed E-state index contributed by atoms with van der Waals surface area (Å²) in [5.74, 6) is 0.615. The SMILES string of the molecule is CCc1cc(N)n(-c2cccc(C)c2Cl)n1. The quantitative estimate of drug-likeness (QED) is 0.870. The van der Waals surface area contributed by atoms with E-state index < -0.39 is 0 Å². The fourth-order valence-corrected chi connectivity index (χ4v) is 1.81. The highest BCUT2D eigenvalue weighted by atomic mass is 35.5. The number of benzene rings is 1. The highest BCUT2D eigenvalue weighted by Gasteiger charge is 2.10. The van der Waals surface area contributed by atoms with Gasteiger partial charge in [-0.05, 0) is 25.0 Å². The van der Waals surface area contributed by atoms with Gasteiger partial charge in [-0.1, -0.05) is 30.7 Å². The molecule has 0 unspecified atom stereocenters. The third-order valence-corrected chi connectivity index (χ3v) is 3.04. The third-order valence-electron chi connectivity index (χ3n) is 2.55. The van der Waals surface area contributed by atoms with E-state index in [9.17, 15) is 0 Å². The molecule has 0 aliphatic heterocycles. The number of hydrogen-bond donors (Lipinski definition) is 1. The Morgan fingerprint density at radius 3 is 2.81 bits per heavy atom. The number of aromatic nitrogens is 2. The van der Waals surface area contributed by atoms with Crippen LogP contribution in [0.5, 0.6) is 0 Å². The van der Waals surface area contributed by atoms with Gasteiger partial charge in [0.05, 0.1) is 16.4 Å². The van der Waals surface area contributed by atoms with Crippen molar-refractivity contribution in [1.82, 2.24) is 9.78 Å². The van der Waals surface area contributed by atoms with E-state index in [0.717, 1.165) is 23.4 Å². The third kappa shape index (κ3) is 1.78. The summed E-state index contributed by atoms with van der Waals surface area (Å²) in [4.78, 5) is 0. The van der Waals surface area contributed by atoms with Crippen LogP contribution in [0.15, 0.2) is 24.3 Å². The minimum absolute atomic E-state index is 0.615. The zero-order valence-electron chi connectivity index (χ0n) is 9.37. The molecule has 0 saturated heterocycles. The minimum atomic E-state index is 0.615. The van der Waals surface area contributed by atoms with Crippen LogP contribution in [-0.2, 0) is 6.42 Å².